The van der Waals surface area contributed by atoms with Crippen molar-refractivity contribution in [1.29, 1.82) is 0 Å². The number of aryl methyl sites for hydroxylation is 1. The first-order valence-electron chi connectivity index (χ1n) is 8.68. The molecule has 0 radical (unpaired) electrons. The molecule has 1 fully saturated rings. The molecule has 134 valence electrons. The second-order valence-electron chi connectivity index (χ2n) is 7.08. The van der Waals surface area contributed by atoms with Gasteiger partial charge in [0.1, 0.15) is 11.9 Å². The monoisotopic (exact) mass is 367 g/mol. The van der Waals surface area contributed by atoms with E-state index in [1.54, 1.807) is 11.3 Å². The molecule has 6 heteroatoms. The Kier molecular flexibility index (Phi) is 4.15. The van der Waals surface area contributed by atoms with Crippen LogP contribution in [0.25, 0.3) is 21.6 Å². The standard InChI is InChI=1S/C20H21N3O2S/c1-12-8-9-15(26-12)18-21-14-7-5-4-6-13(14)17(23-18)22-16(19(24)25-3)20(2)10-11-20/h4-9,16H,10-11H2,1-3H3,(H,21,22,23). The number of rotatable bonds is 5. The Morgan fingerprint density at radius 3 is 2.65 bits per heavy atom. The van der Waals surface area contributed by atoms with Crippen LogP contribution in [0.15, 0.2) is 36.4 Å². The second-order valence-corrected chi connectivity index (χ2v) is 8.37. The van der Waals surface area contributed by atoms with Crippen LogP contribution >= 0.6 is 11.3 Å². The van der Waals surface area contributed by atoms with Gasteiger partial charge in [-0.1, -0.05) is 19.1 Å². The van der Waals surface area contributed by atoms with Crippen LogP contribution in [0.1, 0.15) is 24.6 Å². The minimum atomic E-state index is -0.413. The highest BCUT2D eigenvalue weighted by atomic mass is 32.1. The topological polar surface area (TPSA) is 64.1 Å². The molecular formula is C20H21N3O2S. The van der Waals surface area contributed by atoms with Crippen LogP contribution in [0.3, 0.4) is 0 Å². The van der Waals surface area contributed by atoms with E-state index in [1.807, 2.05) is 30.3 Å². The van der Waals surface area contributed by atoms with Crippen LogP contribution in [-0.2, 0) is 9.53 Å². The Balaban J connectivity index is 1.81. The molecule has 0 spiro atoms. The number of nitrogens with zero attached hydrogens (tertiary/aromatic N) is 2. The van der Waals surface area contributed by atoms with E-state index in [1.165, 1.54) is 12.0 Å². The molecule has 0 bridgehead atoms. The van der Waals surface area contributed by atoms with E-state index in [4.69, 9.17) is 14.7 Å². The molecule has 0 amide bonds. The molecule has 0 aliphatic heterocycles. The van der Waals surface area contributed by atoms with Crippen LogP contribution in [0.4, 0.5) is 5.82 Å². The first-order chi connectivity index (χ1) is 12.5. The first-order valence-corrected chi connectivity index (χ1v) is 9.50. The number of fused-ring (bicyclic) bond motifs is 1. The highest BCUT2D eigenvalue weighted by Crippen LogP contribution is 2.49. The molecule has 1 saturated carbocycles. The zero-order chi connectivity index (χ0) is 18.3. The van der Waals surface area contributed by atoms with Crippen LogP contribution in [0.2, 0.25) is 0 Å². The highest BCUT2D eigenvalue weighted by molar-refractivity contribution is 7.15. The van der Waals surface area contributed by atoms with Crippen molar-refractivity contribution < 1.29 is 9.53 Å². The fourth-order valence-corrected chi connectivity index (χ4v) is 3.91. The van der Waals surface area contributed by atoms with Gasteiger partial charge in [-0.25, -0.2) is 14.8 Å². The maximum Gasteiger partial charge on any atom is 0.328 e. The van der Waals surface area contributed by atoms with Gasteiger partial charge in [0, 0.05) is 10.3 Å². The van der Waals surface area contributed by atoms with Crippen LogP contribution in [-0.4, -0.2) is 29.1 Å². The molecule has 1 aliphatic rings. The SMILES string of the molecule is COC(=O)C(Nc1nc(-c2ccc(C)s2)nc2ccccc12)C1(C)CC1. The van der Waals surface area contributed by atoms with E-state index < -0.39 is 6.04 Å². The average molecular weight is 367 g/mol. The number of aromatic nitrogens is 2. The summed E-state index contributed by atoms with van der Waals surface area (Å²) in [6.07, 6.45) is 2.00. The normalized spacial score (nSPS) is 16.3. The Labute approximate surface area is 156 Å². The van der Waals surface area contributed by atoms with E-state index in [9.17, 15) is 4.79 Å². The number of nitrogens with one attached hydrogen (secondary N) is 1. The summed E-state index contributed by atoms with van der Waals surface area (Å²) < 4.78 is 5.04. The largest absolute Gasteiger partial charge is 0.467 e. The van der Waals surface area contributed by atoms with E-state index >= 15 is 0 Å². The Hall–Kier alpha value is -2.47. The number of ether oxygens (including phenoxy) is 1. The van der Waals surface area contributed by atoms with Crippen molar-refractivity contribution in [2.75, 3.05) is 12.4 Å². The minimum absolute atomic E-state index is 0.0845. The molecule has 1 atom stereocenters. The molecule has 1 aromatic carbocycles. The number of methoxy groups -OCH3 is 1. The van der Waals surface area contributed by atoms with E-state index in [0.717, 1.165) is 28.6 Å². The number of thiophene rings is 1. The number of hydrogen-bond donors (Lipinski definition) is 1. The molecule has 4 rings (SSSR count). The summed E-state index contributed by atoms with van der Waals surface area (Å²) >= 11 is 1.66. The lowest BCUT2D eigenvalue weighted by atomic mass is 9.99. The molecule has 2 aromatic heterocycles. The third-order valence-electron chi connectivity index (χ3n) is 5.02. The second kappa shape index (κ2) is 6.36. The number of benzene rings is 1. The number of esters is 1. The maximum atomic E-state index is 12.4. The van der Waals surface area contributed by atoms with Gasteiger partial charge >= 0.3 is 5.97 Å². The van der Waals surface area contributed by atoms with Crippen molar-refractivity contribution in [3.63, 3.8) is 0 Å². The third-order valence-corrected chi connectivity index (χ3v) is 6.01. The average Bonchev–Trinajstić information content (AvgIpc) is 3.24. The fraction of sp³-hybridized carbons (Fsp3) is 0.350. The van der Waals surface area contributed by atoms with E-state index in [2.05, 4.69) is 25.2 Å². The highest BCUT2D eigenvalue weighted by Gasteiger charge is 2.49. The van der Waals surface area contributed by atoms with Gasteiger partial charge in [0.15, 0.2) is 5.82 Å². The first kappa shape index (κ1) is 17.0. The Bertz CT molecular complexity index is 978. The lowest BCUT2D eigenvalue weighted by Crippen LogP contribution is -2.38. The number of carbonyl (C=O) groups excluding carboxylic acids is 1. The zero-order valence-electron chi connectivity index (χ0n) is 15.1. The Morgan fingerprint density at radius 2 is 2.00 bits per heavy atom. The van der Waals surface area contributed by atoms with Gasteiger partial charge in [0.05, 0.1) is 17.5 Å². The predicted molar refractivity (Wildman–Crippen MR) is 104 cm³/mol. The minimum Gasteiger partial charge on any atom is -0.467 e. The summed E-state index contributed by atoms with van der Waals surface area (Å²) in [7, 11) is 1.43. The summed E-state index contributed by atoms with van der Waals surface area (Å²) in [4.78, 5) is 24.1. The van der Waals surface area contributed by atoms with Crippen molar-refractivity contribution in [3.8, 4) is 10.7 Å². The van der Waals surface area contributed by atoms with Gasteiger partial charge in [0.25, 0.3) is 0 Å². The van der Waals surface area contributed by atoms with Gasteiger partial charge in [-0.15, -0.1) is 11.3 Å². The van der Waals surface area contributed by atoms with Gasteiger partial charge in [-0.2, -0.15) is 0 Å². The van der Waals surface area contributed by atoms with Gasteiger partial charge in [-0.3, -0.25) is 0 Å². The molecule has 5 nitrogen and oxygen atoms in total. The zero-order valence-corrected chi connectivity index (χ0v) is 15.9. The molecule has 26 heavy (non-hydrogen) atoms. The summed E-state index contributed by atoms with van der Waals surface area (Å²) in [6.45, 7) is 4.17. The van der Waals surface area contributed by atoms with Gasteiger partial charge in [0.2, 0.25) is 0 Å². The van der Waals surface area contributed by atoms with Crippen molar-refractivity contribution in [3.05, 3.63) is 41.3 Å². The molecular weight excluding hydrogens is 346 g/mol. The molecule has 1 N–H and O–H groups in total. The Morgan fingerprint density at radius 1 is 1.23 bits per heavy atom. The molecule has 0 saturated heterocycles. The maximum absolute atomic E-state index is 12.4. The summed E-state index contributed by atoms with van der Waals surface area (Å²) in [5.74, 6) is 1.11. The fourth-order valence-electron chi connectivity index (χ4n) is 3.11. The summed E-state index contributed by atoms with van der Waals surface area (Å²) in [6, 6.07) is 11.6. The van der Waals surface area contributed by atoms with Crippen molar-refractivity contribution in [1.82, 2.24) is 9.97 Å². The van der Waals surface area contributed by atoms with Crippen molar-refractivity contribution >= 4 is 34.0 Å². The lowest BCUT2D eigenvalue weighted by molar-refractivity contribution is -0.143. The van der Waals surface area contributed by atoms with Crippen LogP contribution < -0.4 is 5.32 Å². The predicted octanol–water partition coefficient (Wildman–Crippen LogP) is 4.42. The van der Waals surface area contributed by atoms with Crippen molar-refractivity contribution in [2.24, 2.45) is 5.41 Å². The van der Waals surface area contributed by atoms with Gasteiger partial charge < -0.3 is 10.1 Å². The smallest absolute Gasteiger partial charge is 0.328 e. The quantitative estimate of drug-likeness (QED) is 0.676. The third kappa shape index (κ3) is 3.05. The van der Waals surface area contributed by atoms with Crippen LogP contribution in [0.5, 0.6) is 0 Å². The summed E-state index contributed by atoms with van der Waals surface area (Å²) in [5.41, 5.74) is 0.773. The molecule has 1 unspecified atom stereocenters. The van der Waals surface area contributed by atoms with E-state index in [-0.39, 0.29) is 11.4 Å². The molecule has 3 aromatic rings. The number of anilines is 1. The number of carbonyl (C=O) groups is 1. The molecule has 1 aliphatic carbocycles. The number of para-hydroxylation sites is 1. The number of hydrogen-bond acceptors (Lipinski definition) is 6. The van der Waals surface area contributed by atoms with Gasteiger partial charge in [-0.05, 0) is 49.4 Å². The van der Waals surface area contributed by atoms with Crippen molar-refractivity contribution in [2.45, 2.75) is 32.7 Å². The molecule has 2 heterocycles. The van der Waals surface area contributed by atoms with E-state index in [0.29, 0.717) is 11.6 Å². The van der Waals surface area contributed by atoms with Crippen LogP contribution in [0, 0.1) is 12.3 Å². The lowest BCUT2D eigenvalue weighted by Gasteiger charge is -2.23. The summed E-state index contributed by atoms with van der Waals surface area (Å²) in [5, 5.41) is 4.28.